The highest BCUT2D eigenvalue weighted by Gasteiger charge is 2.07. The van der Waals surface area contributed by atoms with Gasteiger partial charge in [-0.25, -0.2) is 0 Å². The molecule has 0 saturated heterocycles. The Morgan fingerprint density at radius 2 is 1.88 bits per heavy atom. The van der Waals surface area contributed by atoms with E-state index >= 15 is 0 Å². The zero-order chi connectivity index (χ0) is 12.3. The Kier molecular flexibility index (Phi) is 3.82. The van der Waals surface area contributed by atoms with Crippen LogP contribution in [0.4, 0.5) is 5.69 Å². The largest absolute Gasteiger partial charge is 0.378 e. The SMILES string of the molecule is CN(C)c1ccc(CC(N)c2cccs2)cc1. The van der Waals surface area contributed by atoms with E-state index in [1.54, 1.807) is 11.3 Å². The van der Waals surface area contributed by atoms with Gasteiger partial charge in [0.2, 0.25) is 0 Å². The Labute approximate surface area is 107 Å². The highest BCUT2D eigenvalue weighted by Crippen LogP contribution is 2.21. The molecule has 17 heavy (non-hydrogen) atoms. The van der Waals surface area contributed by atoms with E-state index in [4.69, 9.17) is 5.73 Å². The Hall–Kier alpha value is -1.32. The molecule has 2 nitrogen and oxygen atoms in total. The van der Waals surface area contributed by atoms with Crippen molar-refractivity contribution in [1.82, 2.24) is 0 Å². The number of nitrogens with two attached hydrogens (primary N) is 1. The van der Waals surface area contributed by atoms with Crippen molar-refractivity contribution in [3.63, 3.8) is 0 Å². The van der Waals surface area contributed by atoms with Crippen molar-refractivity contribution in [2.75, 3.05) is 19.0 Å². The molecule has 0 aliphatic rings. The van der Waals surface area contributed by atoms with Gasteiger partial charge < -0.3 is 10.6 Å². The van der Waals surface area contributed by atoms with Crippen LogP contribution in [0.3, 0.4) is 0 Å². The lowest BCUT2D eigenvalue weighted by Gasteiger charge is -2.14. The third-order valence-electron chi connectivity index (χ3n) is 2.82. The molecular weight excluding hydrogens is 228 g/mol. The second-order valence-corrected chi connectivity index (χ2v) is 5.37. The van der Waals surface area contributed by atoms with E-state index in [-0.39, 0.29) is 6.04 Å². The molecule has 0 amide bonds. The maximum Gasteiger partial charge on any atom is 0.0430 e. The summed E-state index contributed by atoms with van der Waals surface area (Å²) in [5.41, 5.74) is 8.68. The van der Waals surface area contributed by atoms with Gasteiger partial charge in [-0.15, -0.1) is 11.3 Å². The summed E-state index contributed by atoms with van der Waals surface area (Å²) in [6.45, 7) is 0. The topological polar surface area (TPSA) is 29.3 Å². The summed E-state index contributed by atoms with van der Waals surface area (Å²) in [6, 6.07) is 12.8. The van der Waals surface area contributed by atoms with Gasteiger partial charge in [-0.2, -0.15) is 0 Å². The van der Waals surface area contributed by atoms with Gasteiger partial charge in [-0.3, -0.25) is 0 Å². The fourth-order valence-electron chi connectivity index (χ4n) is 1.79. The first-order valence-electron chi connectivity index (χ1n) is 5.72. The summed E-state index contributed by atoms with van der Waals surface area (Å²) >= 11 is 1.73. The molecule has 90 valence electrons. The van der Waals surface area contributed by atoms with Gasteiger partial charge in [-0.1, -0.05) is 18.2 Å². The highest BCUT2D eigenvalue weighted by atomic mass is 32.1. The minimum Gasteiger partial charge on any atom is -0.378 e. The summed E-state index contributed by atoms with van der Waals surface area (Å²) in [6.07, 6.45) is 0.897. The van der Waals surface area contributed by atoms with Crippen molar-refractivity contribution in [1.29, 1.82) is 0 Å². The molecule has 0 radical (unpaired) electrons. The number of rotatable bonds is 4. The van der Waals surface area contributed by atoms with Crippen LogP contribution >= 0.6 is 11.3 Å². The van der Waals surface area contributed by atoms with Crippen LogP contribution in [0, 0.1) is 0 Å². The van der Waals surface area contributed by atoms with Gasteiger partial charge >= 0.3 is 0 Å². The van der Waals surface area contributed by atoms with Crippen molar-refractivity contribution in [3.8, 4) is 0 Å². The third kappa shape index (κ3) is 3.08. The number of benzene rings is 1. The molecule has 2 rings (SSSR count). The summed E-state index contributed by atoms with van der Waals surface area (Å²) in [7, 11) is 4.10. The van der Waals surface area contributed by atoms with E-state index in [1.807, 2.05) is 14.1 Å². The quantitative estimate of drug-likeness (QED) is 0.898. The van der Waals surface area contributed by atoms with Crippen LogP contribution < -0.4 is 10.6 Å². The van der Waals surface area contributed by atoms with Gasteiger partial charge in [0.1, 0.15) is 0 Å². The first-order chi connectivity index (χ1) is 8.16. The van der Waals surface area contributed by atoms with E-state index < -0.39 is 0 Å². The molecule has 0 spiro atoms. The second kappa shape index (κ2) is 5.34. The number of nitrogens with zero attached hydrogens (tertiary/aromatic N) is 1. The van der Waals surface area contributed by atoms with Gasteiger partial charge in [0, 0.05) is 30.7 Å². The Morgan fingerprint density at radius 1 is 1.18 bits per heavy atom. The predicted octanol–water partition coefficient (Wildman–Crippen LogP) is 3.06. The Morgan fingerprint density at radius 3 is 2.41 bits per heavy atom. The zero-order valence-electron chi connectivity index (χ0n) is 10.3. The molecule has 0 aliphatic carbocycles. The van der Waals surface area contributed by atoms with Crippen molar-refractivity contribution in [2.45, 2.75) is 12.5 Å². The fourth-order valence-corrected chi connectivity index (χ4v) is 2.52. The van der Waals surface area contributed by atoms with Crippen molar-refractivity contribution in [2.24, 2.45) is 5.73 Å². The monoisotopic (exact) mass is 246 g/mol. The number of anilines is 1. The lowest BCUT2D eigenvalue weighted by Crippen LogP contribution is -2.12. The molecule has 1 atom stereocenters. The van der Waals surface area contributed by atoms with Crippen LogP contribution in [0.5, 0.6) is 0 Å². The number of thiophene rings is 1. The first-order valence-corrected chi connectivity index (χ1v) is 6.60. The molecule has 0 saturated carbocycles. The molecule has 2 N–H and O–H groups in total. The Bertz CT molecular complexity index is 446. The Balaban J connectivity index is 2.04. The number of hydrogen-bond donors (Lipinski definition) is 1. The molecule has 2 aromatic rings. The molecule has 1 heterocycles. The third-order valence-corrected chi connectivity index (χ3v) is 3.82. The van der Waals surface area contributed by atoms with E-state index in [0.29, 0.717) is 0 Å². The minimum absolute atomic E-state index is 0.111. The van der Waals surface area contributed by atoms with Crippen LogP contribution in [0.15, 0.2) is 41.8 Å². The van der Waals surface area contributed by atoms with Gasteiger partial charge in [0.15, 0.2) is 0 Å². The fraction of sp³-hybridized carbons (Fsp3) is 0.286. The maximum atomic E-state index is 6.17. The lowest BCUT2D eigenvalue weighted by atomic mass is 10.1. The highest BCUT2D eigenvalue weighted by molar-refractivity contribution is 7.10. The van der Waals surface area contributed by atoms with E-state index in [9.17, 15) is 0 Å². The van der Waals surface area contributed by atoms with Crippen LogP contribution in [0.1, 0.15) is 16.5 Å². The van der Waals surface area contributed by atoms with Crippen LogP contribution in [0.2, 0.25) is 0 Å². The standard InChI is InChI=1S/C14H18N2S/c1-16(2)12-7-5-11(6-8-12)10-13(15)14-4-3-9-17-14/h3-9,13H,10,15H2,1-2H3. The maximum absolute atomic E-state index is 6.17. The normalized spacial score (nSPS) is 12.4. The van der Waals surface area contributed by atoms with Crippen LogP contribution in [0.25, 0.3) is 0 Å². The molecule has 0 aliphatic heterocycles. The van der Waals surface area contributed by atoms with Crippen molar-refractivity contribution < 1.29 is 0 Å². The number of hydrogen-bond acceptors (Lipinski definition) is 3. The second-order valence-electron chi connectivity index (χ2n) is 4.39. The molecule has 1 aromatic carbocycles. The zero-order valence-corrected chi connectivity index (χ0v) is 11.1. The first kappa shape index (κ1) is 12.1. The summed E-state index contributed by atoms with van der Waals surface area (Å²) in [4.78, 5) is 3.35. The van der Waals surface area contributed by atoms with E-state index in [0.717, 1.165) is 6.42 Å². The molecule has 1 unspecified atom stereocenters. The molecule has 3 heteroatoms. The average Bonchev–Trinajstić information content (AvgIpc) is 2.83. The predicted molar refractivity (Wildman–Crippen MR) is 75.7 cm³/mol. The summed E-state index contributed by atoms with van der Waals surface area (Å²) < 4.78 is 0. The molecule has 0 fully saturated rings. The molecule has 1 aromatic heterocycles. The van der Waals surface area contributed by atoms with Gasteiger partial charge in [-0.05, 0) is 35.6 Å². The van der Waals surface area contributed by atoms with Crippen molar-refractivity contribution in [3.05, 3.63) is 52.2 Å². The smallest absolute Gasteiger partial charge is 0.0430 e. The van der Waals surface area contributed by atoms with Crippen LogP contribution in [-0.4, -0.2) is 14.1 Å². The lowest BCUT2D eigenvalue weighted by molar-refractivity contribution is 0.736. The molecular formula is C14H18N2S. The summed E-state index contributed by atoms with van der Waals surface area (Å²) in [5.74, 6) is 0. The van der Waals surface area contributed by atoms with E-state index in [2.05, 4.69) is 46.7 Å². The van der Waals surface area contributed by atoms with Gasteiger partial charge in [0.25, 0.3) is 0 Å². The van der Waals surface area contributed by atoms with Gasteiger partial charge in [0.05, 0.1) is 0 Å². The average molecular weight is 246 g/mol. The summed E-state index contributed by atoms with van der Waals surface area (Å²) in [5, 5.41) is 2.07. The van der Waals surface area contributed by atoms with Crippen LogP contribution in [-0.2, 0) is 6.42 Å². The van der Waals surface area contributed by atoms with E-state index in [1.165, 1.54) is 16.1 Å². The van der Waals surface area contributed by atoms with Crippen molar-refractivity contribution >= 4 is 17.0 Å². The minimum atomic E-state index is 0.111. The molecule has 0 bridgehead atoms.